The second-order valence-corrected chi connectivity index (χ2v) is 10.0. The van der Waals surface area contributed by atoms with Gasteiger partial charge in [-0.1, -0.05) is 54.1 Å². The van der Waals surface area contributed by atoms with Gasteiger partial charge in [0.1, 0.15) is 25.5 Å². The van der Waals surface area contributed by atoms with Gasteiger partial charge in [-0.05, 0) is 78.9 Å². The molecule has 0 radical (unpaired) electrons. The highest BCUT2D eigenvalue weighted by atomic mass is 35.5. The molecule has 0 unspecified atom stereocenters. The van der Waals surface area contributed by atoms with E-state index in [4.69, 9.17) is 26.2 Å². The lowest BCUT2D eigenvalue weighted by Gasteiger charge is -2.08. The number of rotatable bonds is 14. The summed E-state index contributed by atoms with van der Waals surface area (Å²) in [7, 11) is 0. The van der Waals surface area contributed by atoms with Gasteiger partial charge in [-0.2, -0.15) is 0 Å². The first-order chi connectivity index (χ1) is 20.2. The van der Waals surface area contributed by atoms with Crippen molar-refractivity contribution in [2.45, 2.75) is 32.7 Å². The Morgan fingerprint density at radius 2 is 1.69 bits per heavy atom. The summed E-state index contributed by atoms with van der Waals surface area (Å²) in [5.74, 6) is -1.50. The van der Waals surface area contributed by atoms with Crippen LogP contribution in [0.4, 0.5) is 4.39 Å². The molecule has 0 spiro atoms. The molecule has 4 aromatic rings. The zero-order valence-corrected chi connectivity index (χ0v) is 23.8. The fourth-order valence-electron chi connectivity index (χ4n) is 4.70. The van der Waals surface area contributed by atoms with Crippen molar-refractivity contribution in [3.8, 4) is 11.5 Å². The number of halogens is 2. The topological polar surface area (TPSA) is 98.0 Å². The summed E-state index contributed by atoms with van der Waals surface area (Å²) in [5, 5.41) is 19.8. The number of carboxylic acids is 2. The van der Waals surface area contributed by atoms with Crippen LogP contribution in [0.15, 0.2) is 72.8 Å². The van der Waals surface area contributed by atoms with E-state index in [1.165, 1.54) is 12.1 Å². The highest BCUT2D eigenvalue weighted by Crippen LogP contribution is 2.31. The summed E-state index contributed by atoms with van der Waals surface area (Å²) >= 11 is 5.74. The zero-order valence-electron chi connectivity index (χ0n) is 23.1. The van der Waals surface area contributed by atoms with E-state index in [-0.39, 0.29) is 25.3 Å². The first-order valence-corrected chi connectivity index (χ1v) is 13.8. The zero-order chi connectivity index (χ0) is 30.1. The van der Waals surface area contributed by atoms with Crippen LogP contribution in [0, 0.1) is 12.7 Å². The largest absolute Gasteiger partial charge is 0.490 e. The van der Waals surface area contributed by atoms with Gasteiger partial charge in [0.05, 0.1) is 5.52 Å². The molecule has 1 aromatic heterocycles. The van der Waals surface area contributed by atoms with Crippen molar-refractivity contribution in [1.82, 2.24) is 4.57 Å². The van der Waals surface area contributed by atoms with E-state index in [1.54, 1.807) is 22.8 Å². The molecule has 0 aliphatic carbocycles. The quantitative estimate of drug-likeness (QED) is 0.117. The molecule has 0 aliphatic rings. The first-order valence-electron chi connectivity index (χ1n) is 13.4. The number of hydrogen-bond acceptors (Lipinski definition) is 4. The number of nitrogens with zero attached hydrogens (tertiary/aromatic N) is 1. The predicted molar refractivity (Wildman–Crippen MR) is 162 cm³/mol. The first kappa shape index (κ1) is 30.4. The normalized spacial score (nSPS) is 11.5. The third-order valence-electron chi connectivity index (χ3n) is 6.69. The summed E-state index contributed by atoms with van der Waals surface area (Å²) < 4.78 is 26.6. The molecular formula is C33H31ClFNO6. The van der Waals surface area contributed by atoms with E-state index in [0.717, 1.165) is 33.3 Å². The van der Waals surface area contributed by atoms with Crippen LogP contribution in [-0.4, -0.2) is 39.9 Å². The Morgan fingerprint density at radius 3 is 2.38 bits per heavy atom. The van der Waals surface area contributed by atoms with E-state index in [2.05, 4.69) is 0 Å². The van der Waals surface area contributed by atoms with Gasteiger partial charge in [0.2, 0.25) is 0 Å². The van der Waals surface area contributed by atoms with Gasteiger partial charge in [0.25, 0.3) is 0 Å². The van der Waals surface area contributed by atoms with E-state index >= 15 is 0 Å². The molecule has 42 heavy (non-hydrogen) atoms. The monoisotopic (exact) mass is 591 g/mol. The molecule has 1 heterocycles. The maximum Gasteiger partial charge on any atom is 0.323 e. The van der Waals surface area contributed by atoms with Crippen molar-refractivity contribution in [3.63, 3.8) is 0 Å². The predicted octanol–water partition coefficient (Wildman–Crippen LogP) is 7.42. The van der Waals surface area contributed by atoms with Crippen molar-refractivity contribution in [1.29, 1.82) is 0 Å². The molecule has 0 fully saturated rings. The van der Waals surface area contributed by atoms with E-state index < -0.39 is 17.8 Å². The van der Waals surface area contributed by atoms with Gasteiger partial charge in [-0.25, -0.2) is 4.39 Å². The fourth-order valence-corrected chi connectivity index (χ4v) is 4.86. The molecule has 0 aliphatic heterocycles. The minimum atomic E-state index is -0.945. The van der Waals surface area contributed by atoms with Crippen molar-refractivity contribution in [3.05, 3.63) is 106 Å². The van der Waals surface area contributed by atoms with Gasteiger partial charge in [-0.15, -0.1) is 0 Å². The number of carbonyl (C=O) groups is 2. The average molecular weight is 592 g/mol. The van der Waals surface area contributed by atoms with Crippen molar-refractivity contribution < 1.29 is 33.7 Å². The number of benzene rings is 3. The highest BCUT2D eigenvalue weighted by Gasteiger charge is 2.18. The molecule has 0 atom stereocenters. The number of ether oxygens (including phenoxy) is 2. The van der Waals surface area contributed by atoms with Crippen LogP contribution in [0.25, 0.3) is 23.1 Å². The van der Waals surface area contributed by atoms with Crippen LogP contribution in [0.5, 0.6) is 11.5 Å². The van der Waals surface area contributed by atoms with Gasteiger partial charge < -0.3 is 24.3 Å². The number of hydrogen-bond donors (Lipinski definition) is 2. The van der Waals surface area contributed by atoms with E-state index in [1.807, 2.05) is 61.5 Å². The molecule has 218 valence electrons. The second kappa shape index (κ2) is 14.4. The number of fused-ring (bicyclic) bond motifs is 1. The molecule has 0 bridgehead atoms. The minimum absolute atomic E-state index is 0.0561. The highest BCUT2D eigenvalue weighted by molar-refractivity contribution is 6.30. The Labute approximate surface area is 248 Å². The van der Waals surface area contributed by atoms with Crippen LogP contribution in [0.3, 0.4) is 0 Å². The Hall–Kier alpha value is -4.56. The molecule has 0 amide bonds. The molecule has 0 saturated heterocycles. The molecule has 4 rings (SSSR count). The van der Waals surface area contributed by atoms with Gasteiger partial charge >= 0.3 is 11.9 Å². The van der Waals surface area contributed by atoms with Crippen LogP contribution >= 0.6 is 11.6 Å². The van der Waals surface area contributed by atoms with E-state index in [9.17, 15) is 19.1 Å². The molecular weight excluding hydrogens is 561 g/mol. The SMILES string of the molecule is Cc1c(CCCC(=O)O)c2cccc(/C=C/c3ccc(OC/C=C/COc4ccc(Cl)cc4F)cc3)c2n1CC(=O)O. The Bertz CT molecular complexity index is 1620. The Morgan fingerprint density at radius 1 is 0.952 bits per heavy atom. The molecule has 2 N–H and O–H groups in total. The standard InChI is InChI=1S/C33H31ClFNO6/c1-22-27(7-5-9-31(37)38)28-8-4-6-24(33(28)36(22)21-32(39)40)13-10-23-11-15-26(16-12-23)41-18-2-3-19-42-30-17-14-25(34)20-29(30)35/h2-4,6,8,10-17,20H,5,7,9,18-19,21H2,1H3,(H,37,38)(H,39,40)/b3-2+,13-10+. The van der Waals surface area contributed by atoms with Crippen LogP contribution in [-0.2, 0) is 22.6 Å². The van der Waals surface area contributed by atoms with Crippen molar-refractivity contribution >= 4 is 46.6 Å². The minimum Gasteiger partial charge on any atom is -0.490 e. The lowest BCUT2D eigenvalue weighted by Crippen LogP contribution is -2.10. The number of aromatic nitrogens is 1. The lowest BCUT2D eigenvalue weighted by atomic mass is 10.0. The maximum atomic E-state index is 13.7. The average Bonchev–Trinajstić information content (AvgIpc) is 3.21. The molecule has 9 heteroatoms. The van der Waals surface area contributed by atoms with Crippen LogP contribution < -0.4 is 9.47 Å². The summed E-state index contributed by atoms with van der Waals surface area (Å²) in [5.41, 5.74) is 4.42. The van der Waals surface area contributed by atoms with Crippen LogP contribution in [0.1, 0.15) is 35.2 Å². The Balaban J connectivity index is 1.40. The summed E-state index contributed by atoms with van der Waals surface area (Å²) in [6.45, 7) is 2.21. The lowest BCUT2D eigenvalue weighted by molar-refractivity contribution is -0.138. The fraction of sp³-hybridized carbons (Fsp3) is 0.212. The number of para-hydroxylation sites is 1. The van der Waals surface area contributed by atoms with Crippen LogP contribution in [0.2, 0.25) is 5.02 Å². The molecule has 7 nitrogen and oxygen atoms in total. The summed E-state index contributed by atoms with van der Waals surface area (Å²) in [6.07, 6.45) is 8.51. The number of aliphatic carboxylic acids is 2. The third kappa shape index (κ3) is 8.01. The van der Waals surface area contributed by atoms with Gasteiger partial charge in [-0.3, -0.25) is 9.59 Å². The summed E-state index contributed by atoms with van der Waals surface area (Å²) in [4.78, 5) is 22.7. The second-order valence-electron chi connectivity index (χ2n) is 9.61. The summed E-state index contributed by atoms with van der Waals surface area (Å²) in [6, 6.07) is 17.6. The molecule has 0 saturated carbocycles. The van der Waals surface area contributed by atoms with Gasteiger partial charge in [0.15, 0.2) is 11.6 Å². The molecule has 3 aromatic carbocycles. The smallest absolute Gasteiger partial charge is 0.323 e. The number of aryl methyl sites for hydroxylation is 1. The maximum absolute atomic E-state index is 13.7. The van der Waals surface area contributed by atoms with Gasteiger partial charge in [0, 0.05) is 22.5 Å². The van der Waals surface area contributed by atoms with Crippen molar-refractivity contribution in [2.75, 3.05) is 13.2 Å². The Kier molecular flexibility index (Phi) is 10.4. The third-order valence-corrected chi connectivity index (χ3v) is 6.93. The van der Waals surface area contributed by atoms with E-state index in [0.29, 0.717) is 30.2 Å². The number of carboxylic acid groups (broad SMARTS) is 2. The van der Waals surface area contributed by atoms with Crippen molar-refractivity contribution in [2.24, 2.45) is 0 Å².